The molecule has 0 saturated heterocycles. The van der Waals surface area contributed by atoms with Gasteiger partial charge in [0.2, 0.25) is 10.0 Å². The zero-order chi connectivity index (χ0) is 12.6. The van der Waals surface area contributed by atoms with Crippen LogP contribution in [-0.4, -0.2) is 26.3 Å². The molecule has 0 amide bonds. The smallest absolute Gasteiger partial charge is 0.243 e. The van der Waals surface area contributed by atoms with Crippen molar-refractivity contribution < 1.29 is 8.42 Å². The van der Waals surface area contributed by atoms with Crippen LogP contribution in [0.25, 0.3) is 0 Å². The molecule has 0 radical (unpaired) electrons. The summed E-state index contributed by atoms with van der Waals surface area (Å²) in [6, 6.07) is 4.75. The number of halogens is 1. The molecule has 1 aliphatic carbocycles. The summed E-state index contributed by atoms with van der Waals surface area (Å²) in [5.74, 6) is 0.530. The molecule has 1 aliphatic rings. The molecule has 0 unspecified atom stereocenters. The van der Waals surface area contributed by atoms with Gasteiger partial charge in [0, 0.05) is 23.8 Å². The molecule has 2 N–H and O–H groups in total. The van der Waals surface area contributed by atoms with Crippen molar-refractivity contribution in [2.24, 2.45) is 5.92 Å². The van der Waals surface area contributed by atoms with Crippen LogP contribution in [0.4, 0.5) is 5.69 Å². The van der Waals surface area contributed by atoms with Gasteiger partial charge in [0.25, 0.3) is 0 Å². The Balaban J connectivity index is 2.29. The molecule has 0 spiro atoms. The lowest BCUT2D eigenvalue weighted by atomic mass is 10.3. The topological polar surface area (TPSA) is 63.4 Å². The van der Waals surface area contributed by atoms with E-state index in [9.17, 15) is 8.42 Å². The van der Waals surface area contributed by atoms with Crippen LogP contribution in [0.1, 0.15) is 12.8 Å². The first-order chi connectivity index (χ1) is 7.91. The van der Waals surface area contributed by atoms with E-state index in [1.54, 1.807) is 19.2 Å². The average molecular weight is 319 g/mol. The minimum Gasteiger partial charge on any atom is -0.399 e. The highest BCUT2D eigenvalue weighted by molar-refractivity contribution is 9.10. The predicted molar refractivity (Wildman–Crippen MR) is 71.1 cm³/mol. The third-order valence-electron chi connectivity index (χ3n) is 2.86. The lowest BCUT2D eigenvalue weighted by molar-refractivity contribution is 0.452. The van der Waals surface area contributed by atoms with Crippen molar-refractivity contribution in [3.05, 3.63) is 22.7 Å². The monoisotopic (exact) mass is 318 g/mol. The van der Waals surface area contributed by atoms with Crippen molar-refractivity contribution in [2.45, 2.75) is 17.7 Å². The number of nitrogens with two attached hydrogens (primary N) is 1. The van der Waals surface area contributed by atoms with Crippen molar-refractivity contribution in [1.82, 2.24) is 4.31 Å². The standard InChI is InChI=1S/C11H15BrN2O2S/c1-14(7-8-2-3-8)17(15,16)11-5-4-9(13)6-10(11)12/h4-6,8H,2-3,7,13H2,1H3. The lowest BCUT2D eigenvalue weighted by Crippen LogP contribution is -2.29. The Morgan fingerprint density at radius 3 is 2.65 bits per heavy atom. The van der Waals surface area contributed by atoms with Gasteiger partial charge in [-0.1, -0.05) is 0 Å². The fourth-order valence-corrected chi connectivity index (χ4v) is 3.95. The molecule has 4 nitrogen and oxygen atoms in total. The molecule has 1 fully saturated rings. The molecule has 0 heterocycles. The van der Waals surface area contributed by atoms with Gasteiger partial charge in [0.15, 0.2) is 0 Å². The number of nitrogen functional groups attached to an aromatic ring is 1. The number of hydrogen-bond acceptors (Lipinski definition) is 3. The summed E-state index contributed by atoms with van der Waals surface area (Å²) in [4.78, 5) is 0.273. The van der Waals surface area contributed by atoms with Gasteiger partial charge in [-0.3, -0.25) is 0 Å². The Morgan fingerprint density at radius 1 is 1.47 bits per heavy atom. The normalized spacial score (nSPS) is 16.4. The minimum atomic E-state index is -3.41. The van der Waals surface area contributed by atoms with Gasteiger partial charge >= 0.3 is 0 Å². The zero-order valence-corrected chi connectivity index (χ0v) is 12.0. The Kier molecular flexibility index (Phi) is 3.47. The molecular weight excluding hydrogens is 304 g/mol. The second-order valence-corrected chi connectivity index (χ2v) is 7.29. The van der Waals surface area contributed by atoms with E-state index in [1.165, 1.54) is 10.4 Å². The quantitative estimate of drug-likeness (QED) is 0.864. The van der Waals surface area contributed by atoms with Gasteiger partial charge in [0.1, 0.15) is 0 Å². The highest BCUT2D eigenvalue weighted by Crippen LogP contribution is 2.32. The number of rotatable bonds is 4. The Bertz CT molecular complexity index is 526. The molecule has 2 rings (SSSR count). The maximum Gasteiger partial charge on any atom is 0.243 e. The van der Waals surface area contributed by atoms with Crippen molar-refractivity contribution in [2.75, 3.05) is 19.3 Å². The summed E-state index contributed by atoms with van der Waals surface area (Å²) in [7, 11) is -1.79. The second-order valence-electron chi connectivity index (χ2n) is 4.42. The van der Waals surface area contributed by atoms with Gasteiger partial charge in [-0.15, -0.1) is 0 Å². The molecule has 1 saturated carbocycles. The third kappa shape index (κ3) is 2.81. The van der Waals surface area contributed by atoms with Crippen LogP contribution in [-0.2, 0) is 10.0 Å². The molecule has 1 aromatic carbocycles. The highest BCUT2D eigenvalue weighted by Gasteiger charge is 2.30. The van der Waals surface area contributed by atoms with Crippen LogP contribution in [0.3, 0.4) is 0 Å². The summed E-state index contributed by atoms with van der Waals surface area (Å²) in [5, 5.41) is 0. The van der Waals surface area contributed by atoms with Crippen LogP contribution in [0, 0.1) is 5.92 Å². The van der Waals surface area contributed by atoms with E-state index >= 15 is 0 Å². The summed E-state index contributed by atoms with van der Waals surface area (Å²) >= 11 is 3.25. The van der Waals surface area contributed by atoms with Crippen LogP contribution < -0.4 is 5.73 Å². The zero-order valence-electron chi connectivity index (χ0n) is 9.56. The Morgan fingerprint density at radius 2 is 2.12 bits per heavy atom. The molecule has 0 aliphatic heterocycles. The van der Waals surface area contributed by atoms with Crippen molar-refractivity contribution >= 4 is 31.6 Å². The van der Waals surface area contributed by atoms with E-state index in [-0.39, 0.29) is 4.90 Å². The van der Waals surface area contributed by atoms with E-state index in [4.69, 9.17) is 5.73 Å². The van der Waals surface area contributed by atoms with E-state index in [2.05, 4.69) is 15.9 Å². The summed E-state index contributed by atoms with van der Waals surface area (Å²) in [6.45, 7) is 0.596. The van der Waals surface area contributed by atoms with Gasteiger partial charge in [-0.2, -0.15) is 0 Å². The largest absolute Gasteiger partial charge is 0.399 e. The molecule has 1 aromatic rings. The SMILES string of the molecule is CN(CC1CC1)S(=O)(=O)c1ccc(N)cc1Br. The van der Waals surface area contributed by atoms with Crippen LogP contribution in [0.2, 0.25) is 0 Å². The number of benzene rings is 1. The predicted octanol–water partition coefficient (Wildman–Crippen LogP) is 2.06. The third-order valence-corrected chi connectivity index (χ3v) is 5.66. The van der Waals surface area contributed by atoms with Crippen molar-refractivity contribution in [1.29, 1.82) is 0 Å². The second kappa shape index (κ2) is 4.59. The van der Waals surface area contributed by atoms with Crippen LogP contribution in [0.15, 0.2) is 27.6 Å². The van der Waals surface area contributed by atoms with E-state index in [1.807, 2.05) is 0 Å². The van der Waals surface area contributed by atoms with Gasteiger partial charge in [-0.05, 0) is 52.9 Å². The fourth-order valence-electron chi connectivity index (χ4n) is 1.66. The average Bonchev–Trinajstić information content (AvgIpc) is 3.00. The molecule has 17 heavy (non-hydrogen) atoms. The summed E-state index contributed by atoms with van der Waals surface area (Å²) < 4.78 is 26.5. The molecule has 0 atom stereocenters. The van der Waals surface area contributed by atoms with E-state index in [0.717, 1.165) is 12.8 Å². The number of hydrogen-bond donors (Lipinski definition) is 1. The highest BCUT2D eigenvalue weighted by atomic mass is 79.9. The molecule has 0 aromatic heterocycles. The number of nitrogens with zero attached hydrogens (tertiary/aromatic N) is 1. The summed E-state index contributed by atoms with van der Waals surface area (Å²) in [5.41, 5.74) is 6.14. The first kappa shape index (κ1) is 12.9. The molecule has 6 heteroatoms. The van der Waals surface area contributed by atoms with E-state index < -0.39 is 10.0 Å². The first-order valence-electron chi connectivity index (χ1n) is 5.42. The van der Waals surface area contributed by atoms with Crippen LogP contribution >= 0.6 is 15.9 Å². The molecule has 0 bridgehead atoms. The maximum absolute atomic E-state index is 12.3. The Labute approximate surface area is 110 Å². The Hall–Kier alpha value is -0.590. The molecular formula is C11H15BrN2O2S. The van der Waals surface area contributed by atoms with Crippen LogP contribution in [0.5, 0.6) is 0 Å². The lowest BCUT2D eigenvalue weighted by Gasteiger charge is -2.17. The van der Waals surface area contributed by atoms with Crippen molar-refractivity contribution in [3.8, 4) is 0 Å². The van der Waals surface area contributed by atoms with Gasteiger partial charge in [-0.25, -0.2) is 12.7 Å². The van der Waals surface area contributed by atoms with Crippen molar-refractivity contribution in [3.63, 3.8) is 0 Å². The number of anilines is 1. The fraction of sp³-hybridized carbons (Fsp3) is 0.455. The van der Waals surface area contributed by atoms with Gasteiger partial charge in [0.05, 0.1) is 4.90 Å². The number of sulfonamides is 1. The maximum atomic E-state index is 12.3. The summed E-state index contributed by atoms with van der Waals surface area (Å²) in [6.07, 6.45) is 2.26. The van der Waals surface area contributed by atoms with Gasteiger partial charge < -0.3 is 5.73 Å². The minimum absolute atomic E-state index is 0.273. The first-order valence-corrected chi connectivity index (χ1v) is 7.66. The molecule has 94 valence electrons. The van der Waals surface area contributed by atoms with E-state index in [0.29, 0.717) is 22.6 Å².